The highest BCUT2D eigenvalue weighted by Gasteiger charge is 2.69. The van der Waals surface area contributed by atoms with E-state index in [1.165, 1.54) is 64.2 Å². The lowest BCUT2D eigenvalue weighted by Gasteiger charge is -2.73. The van der Waals surface area contributed by atoms with Gasteiger partial charge in [0.2, 0.25) is 0 Å². The molecule has 0 radical (unpaired) electrons. The van der Waals surface area contributed by atoms with Crippen molar-refractivity contribution in [2.75, 3.05) is 0 Å². The number of fused-ring (bicyclic) bond motifs is 7. The van der Waals surface area contributed by atoms with Gasteiger partial charge in [-0.1, -0.05) is 71.1 Å². The summed E-state index contributed by atoms with van der Waals surface area (Å²) in [6.45, 7) is 18.8. The molecule has 5 saturated carbocycles. The molecule has 0 bridgehead atoms. The lowest BCUT2D eigenvalue weighted by molar-refractivity contribution is -0.237. The Balaban J connectivity index is 1.54. The molecule has 10 atom stereocenters. The van der Waals surface area contributed by atoms with E-state index in [4.69, 9.17) is 0 Å². The topological polar surface area (TPSA) is 0 Å². The molecular formula is C28H47I. The fourth-order valence-electron chi connectivity index (χ4n) is 11.0. The van der Waals surface area contributed by atoms with Gasteiger partial charge in [0.1, 0.15) is 0 Å². The molecule has 5 fully saturated rings. The normalized spacial score (nSPS) is 61.2. The first-order valence-electron chi connectivity index (χ1n) is 13.0. The maximum absolute atomic E-state index is 2.86. The molecular weight excluding hydrogens is 463 g/mol. The molecule has 0 spiro atoms. The second-order valence-electron chi connectivity index (χ2n) is 14.2. The lowest BCUT2D eigenvalue weighted by atomic mass is 9.32. The van der Waals surface area contributed by atoms with Crippen molar-refractivity contribution >= 4 is 22.6 Å². The molecule has 0 saturated heterocycles. The van der Waals surface area contributed by atoms with Crippen LogP contribution >= 0.6 is 22.6 Å². The standard InChI is InChI=1S/C28H47I/c1-18-10-14-26(5)21(24(18,2)3)12-15-28(7)22(26)9-8-19-23-20(29)11-13-25(23,4)16-17-27(19,28)6/h18-23H,8-17H2,1-7H3/t18?,19?,20-,21?,22?,23?,25-,26+,27-,28-/m1/s1. The van der Waals surface area contributed by atoms with Crippen LogP contribution in [0.15, 0.2) is 0 Å². The van der Waals surface area contributed by atoms with Gasteiger partial charge in [-0.25, -0.2) is 0 Å². The zero-order chi connectivity index (χ0) is 21.0. The van der Waals surface area contributed by atoms with Crippen molar-refractivity contribution in [1.29, 1.82) is 0 Å². The average molecular weight is 511 g/mol. The van der Waals surface area contributed by atoms with E-state index in [0.29, 0.717) is 27.1 Å². The predicted molar refractivity (Wildman–Crippen MR) is 133 cm³/mol. The Morgan fingerprint density at radius 3 is 2.10 bits per heavy atom. The van der Waals surface area contributed by atoms with Crippen molar-refractivity contribution < 1.29 is 0 Å². The average Bonchev–Trinajstić information content (AvgIpc) is 2.95. The van der Waals surface area contributed by atoms with Gasteiger partial charge >= 0.3 is 0 Å². The molecule has 0 aromatic rings. The van der Waals surface area contributed by atoms with Crippen molar-refractivity contribution in [3.8, 4) is 0 Å². The highest BCUT2D eigenvalue weighted by atomic mass is 127. The minimum absolute atomic E-state index is 0.524. The van der Waals surface area contributed by atoms with Crippen molar-refractivity contribution in [3.05, 3.63) is 0 Å². The quantitative estimate of drug-likeness (QED) is 0.225. The summed E-state index contributed by atoms with van der Waals surface area (Å²) in [6.07, 6.45) is 15.1. The van der Waals surface area contributed by atoms with E-state index in [1.54, 1.807) is 0 Å². The summed E-state index contributed by atoms with van der Waals surface area (Å²) >= 11 is 2.86. The SMILES string of the molecule is CC1CC[C@@]2(C)C(CC[C@]3(C)C2CCC2C4[C@H](I)CC[C@]4(C)CC[C@]23C)C1(C)C. The van der Waals surface area contributed by atoms with E-state index >= 15 is 0 Å². The van der Waals surface area contributed by atoms with Crippen LogP contribution in [0.2, 0.25) is 0 Å². The Morgan fingerprint density at radius 2 is 1.38 bits per heavy atom. The van der Waals surface area contributed by atoms with Gasteiger partial charge in [0.25, 0.3) is 0 Å². The summed E-state index contributed by atoms with van der Waals surface area (Å²) in [6, 6.07) is 0. The number of alkyl halides is 1. The van der Waals surface area contributed by atoms with Crippen molar-refractivity contribution in [1.82, 2.24) is 0 Å². The molecule has 5 rings (SSSR count). The van der Waals surface area contributed by atoms with E-state index < -0.39 is 0 Å². The molecule has 5 aliphatic rings. The first kappa shape index (κ1) is 21.6. The van der Waals surface area contributed by atoms with Crippen LogP contribution in [0.4, 0.5) is 0 Å². The largest absolute Gasteiger partial charge is 0.0823 e. The van der Waals surface area contributed by atoms with Gasteiger partial charge in [-0.3, -0.25) is 0 Å². The van der Waals surface area contributed by atoms with Gasteiger partial charge in [-0.2, -0.15) is 0 Å². The van der Waals surface area contributed by atoms with Crippen molar-refractivity contribution in [2.24, 2.45) is 56.7 Å². The Labute approximate surface area is 195 Å². The molecule has 166 valence electrons. The van der Waals surface area contributed by atoms with Gasteiger partial charge in [-0.15, -0.1) is 0 Å². The Hall–Kier alpha value is 0.730. The monoisotopic (exact) mass is 510 g/mol. The van der Waals surface area contributed by atoms with Crippen LogP contribution in [0, 0.1) is 56.7 Å². The highest BCUT2D eigenvalue weighted by molar-refractivity contribution is 14.1. The summed E-state index contributed by atoms with van der Waals surface area (Å²) in [7, 11) is 0. The first-order chi connectivity index (χ1) is 13.4. The van der Waals surface area contributed by atoms with Crippen LogP contribution in [0.25, 0.3) is 0 Å². The molecule has 0 N–H and O–H groups in total. The molecule has 0 aromatic carbocycles. The van der Waals surface area contributed by atoms with Crippen LogP contribution in [0.1, 0.15) is 113 Å². The fraction of sp³-hybridized carbons (Fsp3) is 1.00. The first-order valence-corrected chi connectivity index (χ1v) is 14.3. The van der Waals surface area contributed by atoms with Gasteiger partial charge < -0.3 is 0 Å². The van der Waals surface area contributed by atoms with Gasteiger partial charge in [0.15, 0.2) is 0 Å². The third kappa shape index (κ3) is 2.55. The fourth-order valence-corrected chi connectivity index (χ4v) is 12.7. The molecule has 1 heteroatoms. The van der Waals surface area contributed by atoms with Crippen LogP contribution in [0.5, 0.6) is 0 Å². The smallest absolute Gasteiger partial charge is 0.0146 e. The third-order valence-corrected chi connectivity index (χ3v) is 14.7. The molecule has 0 nitrogen and oxygen atoms in total. The highest BCUT2D eigenvalue weighted by Crippen LogP contribution is 2.77. The van der Waals surface area contributed by atoms with Crippen molar-refractivity contribution in [2.45, 2.75) is 117 Å². The van der Waals surface area contributed by atoms with E-state index in [0.717, 1.165) is 33.5 Å². The number of hydrogen-bond donors (Lipinski definition) is 0. The molecule has 5 aliphatic carbocycles. The van der Waals surface area contributed by atoms with E-state index in [9.17, 15) is 0 Å². The zero-order valence-corrected chi connectivity index (χ0v) is 22.6. The van der Waals surface area contributed by atoms with Crippen LogP contribution < -0.4 is 0 Å². The van der Waals surface area contributed by atoms with Crippen LogP contribution in [0.3, 0.4) is 0 Å². The summed E-state index contributed by atoms with van der Waals surface area (Å²) < 4.78 is 0.934. The maximum Gasteiger partial charge on any atom is 0.0146 e. The van der Waals surface area contributed by atoms with E-state index in [-0.39, 0.29) is 0 Å². The summed E-state index contributed by atoms with van der Waals surface area (Å²) in [5.41, 5.74) is 2.91. The molecule has 0 heterocycles. The summed E-state index contributed by atoms with van der Waals surface area (Å²) in [5.74, 6) is 4.77. The number of rotatable bonds is 0. The van der Waals surface area contributed by atoms with Gasteiger partial charge in [0.05, 0.1) is 0 Å². The lowest BCUT2D eigenvalue weighted by Crippen LogP contribution is -2.66. The van der Waals surface area contributed by atoms with Crippen LogP contribution in [-0.2, 0) is 0 Å². The minimum Gasteiger partial charge on any atom is -0.0823 e. The summed E-state index contributed by atoms with van der Waals surface area (Å²) in [4.78, 5) is 0. The molecule has 0 aliphatic heterocycles. The van der Waals surface area contributed by atoms with Gasteiger partial charge in [-0.05, 0) is 121 Å². The van der Waals surface area contributed by atoms with Gasteiger partial charge in [0, 0.05) is 3.92 Å². The van der Waals surface area contributed by atoms with E-state index in [2.05, 4.69) is 71.1 Å². The Kier molecular flexibility index (Phi) is 4.76. The second kappa shape index (κ2) is 6.40. The zero-order valence-electron chi connectivity index (χ0n) is 20.4. The Bertz CT molecular complexity index is 682. The predicted octanol–water partition coefficient (Wildman–Crippen LogP) is 8.91. The maximum atomic E-state index is 2.86. The summed E-state index contributed by atoms with van der Waals surface area (Å²) in [5, 5.41) is 0. The third-order valence-electron chi connectivity index (χ3n) is 13.3. The molecule has 0 amide bonds. The van der Waals surface area contributed by atoms with Crippen LogP contribution in [-0.4, -0.2) is 3.92 Å². The number of hydrogen-bond acceptors (Lipinski definition) is 0. The molecule has 29 heavy (non-hydrogen) atoms. The molecule has 0 aromatic heterocycles. The number of halogens is 1. The Morgan fingerprint density at radius 1 is 0.655 bits per heavy atom. The minimum atomic E-state index is 0.524. The molecule has 5 unspecified atom stereocenters. The second-order valence-corrected chi connectivity index (χ2v) is 15.8. The van der Waals surface area contributed by atoms with Crippen molar-refractivity contribution in [3.63, 3.8) is 0 Å². The van der Waals surface area contributed by atoms with E-state index in [1.807, 2.05) is 0 Å².